The van der Waals surface area contributed by atoms with Crippen molar-refractivity contribution in [2.24, 2.45) is 0 Å². The summed E-state index contributed by atoms with van der Waals surface area (Å²) in [6.07, 6.45) is 3.45. The molecule has 0 spiro atoms. The molecule has 0 aliphatic carbocycles. The largest absolute Gasteiger partial charge is 1.00 e. The Morgan fingerprint density at radius 1 is 1.08 bits per heavy atom. The van der Waals surface area contributed by atoms with Crippen LogP contribution in [-0.2, 0) is 11.3 Å². The zero-order chi connectivity index (χ0) is 18.4. The number of nitrogens with zero attached hydrogens (tertiary/aromatic N) is 3. The van der Waals surface area contributed by atoms with Crippen LogP contribution in [0, 0.1) is 20.2 Å². The Bertz CT molecular complexity index is 676. The summed E-state index contributed by atoms with van der Waals surface area (Å²) in [6.45, 7) is 2.62. The van der Waals surface area contributed by atoms with E-state index in [4.69, 9.17) is 0 Å². The van der Waals surface area contributed by atoms with Gasteiger partial charge in [0.15, 0.2) is 0 Å². The van der Waals surface area contributed by atoms with E-state index in [1.807, 2.05) is 0 Å². The van der Waals surface area contributed by atoms with E-state index in [-0.39, 0.29) is 47.4 Å². The van der Waals surface area contributed by atoms with Gasteiger partial charge in [0.05, 0.1) is 41.1 Å². The van der Waals surface area contributed by atoms with Crippen molar-refractivity contribution >= 4 is 17.3 Å². The van der Waals surface area contributed by atoms with Gasteiger partial charge in [-0.3, -0.25) is 20.2 Å². The van der Waals surface area contributed by atoms with E-state index >= 15 is 0 Å². The third-order valence-electron chi connectivity index (χ3n) is 4.76. The van der Waals surface area contributed by atoms with Gasteiger partial charge in [-0.2, -0.15) is 0 Å². The van der Waals surface area contributed by atoms with Crippen molar-refractivity contribution in [3.05, 3.63) is 44.0 Å². The zero-order valence-corrected chi connectivity index (χ0v) is 16.9. The molecule has 1 heterocycles. The summed E-state index contributed by atoms with van der Waals surface area (Å²) < 4.78 is 0.575. The van der Waals surface area contributed by atoms with Crippen LogP contribution < -0.4 is 34.7 Å². The molecule has 0 bridgehead atoms. The number of piperidine rings is 1. The number of nitro groups is 2. The maximum atomic E-state index is 11.3. The number of likely N-dealkylation sites (tertiary alicyclic amines) is 1. The fourth-order valence-corrected chi connectivity index (χ4v) is 3.53. The molecular formula is C16H21N3NaO6+. The van der Waals surface area contributed by atoms with Crippen LogP contribution in [0.2, 0.25) is 0 Å². The summed E-state index contributed by atoms with van der Waals surface area (Å²) in [5.74, 6) is -1.10. The minimum absolute atomic E-state index is 0. The maximum absolute atomic E-state index is 11.3. The van der Waals surface area contributed by atoms with Crippen LogP contribution in [0.1, 0.15) is 37.7 Å². The molecule has 0 aromatic heterocycles. The summed E-state index contributed by atoms with van der Waals surface area (Å²) in [5.41, 5.74) is -0.110. The number of carbonyl (C=O) groups is 1. The predicted molar refractivity (Wildman–Crippen MR) is 86.4 cm³/mol. The fourth-order valence-electron chi connectivity index (χ4n) is 3.53. The summed E-state index contributed by atoms with van der Waals surface area (Å²) in [4.78, 5) is 31.6. The molecule has 1 aliphatic rings. The molecule has 0 amide bonds. The number of rotatable bonds is 8. The number of carboxylic acid groups (broad SMARTS) is 1. The van der Waals surface area contributed by atoms with E-state index in [1.54, 1.807) is 0 Å². The van der Waals surface area contributed by atoms with Gasteiger partial charge < -0.3 is 14.4 Å². The number of hydrogen-bond acceptors (Lipinski definition) is 6. The number of carboxylic acids is 1. The number of nitro benzene ring substituents is 2. The molecule has 1 aromatic carbocycles. The molecule has 0 atom stereocenters. The molecule has 26 heavy (non-hydrogen) atoms. The molecule has 136 valence electrons. The Morgan fingerprint density at radius 3 is 2.27 bits per heavy atom. The van der Waals surface area contributed by atoms with Crippen molar-refractivity contribution in [3.8, 4) is 0 Å². The Kier molecular flexibility index (Phi) is 8.61. The number of aliphatic carboxylic acids is 1. The van der Waals surface area contributed by atoms with Gasteiger partial charge in [-0.15, -0.1) is 0 Å². The minimum atomic E-state index is -1.10. The van der Waals surface area contributed by atoms with Crippen LogP contribution in [0.4, 0.5) is 11.4 Å². The predicted octanol–water partition coefficient (Wildman–Crippen LogP) is -1.46. The Balaban J connectivity index is 0.00000338. The molecule has 0 radical (unpaired) electrons. The number of quaternary nitrogens is 1. The van der Waals surface area contributed by atoms with Gasteiger partial charge in [-0.05, 0) is 31.7 Å². The quantitative estimate of drug-likeness (QED) is 0.237. The van der Waals surface area contributed by atoms with Gasteiger partial charge in [0, 0.05) is 18.5 Å². The molecule has 1 aromatic rings. The maximum Gasteiger partial charge on any atom is 1.00 e. The third-order valence-corrected chi connectivity index (χ3v) is 4.76. The smallest absolute Gasteiger partial charge is 0.550 e. The molecule has 10 heteroatoms. The molecule has 9 nitrogen and oxygen atoms in total. The standard InChI is InChI=1S/C16H21N3O6.Na/c20-16(21)5-4-10-19(8-2-1-3-9-19)12-13-6-7-14(17(22)23)11-15(13)18(24)25;/h6-7,11H,1-5,8-10,12H2;/q;+1. The van der Waals surface area contributed by atoms with E-state index in [0.717, 1.165) is 38.4 Å². The molecular weight excluding hydrogens is 353 g/mol. The number of benzene rings is 1. The average Bonchev–Trinajstić information content (AvgIpc) is 2.55. The van der Waals surface area contributed by atoms with Crippen molar-refractivity contribution < 1.29 is 53.8 Å². The van der Waals surface area contributed by atoms with Gasteiger partial charge in [0.1, 0.15) is 6.54 Å². The molecule has 2 rings (SSSR count). The zero-order valence-electron chi connectivity index (χ0n) is 14.9. The van der Waals surface area contributed by atoms with Crippen molar-refractivity contribution in [1.29, 1.82) is 0 Å². The fraction of sp³-hybridized carbons (Fsp3) is 0.562. The van der Waals surface area contributed by atoms with E-state index in [9.17, 15) is 30.1 Å². The molecule has 1 saturated heterocycles. The molecule has 0 unspecified atom stereocenters. The topological polar surface area (TPSA) is 126 Å². The summed E-state index contributed by atoms with van der Waals surface area (Å²) >= 11 is 0. The first kappa shape index (κ1) is 22.5. The third kappa shape index (κ3) is 6.01. The van der Waals surface area contributed by atoms with E-state index in [2.05, 4.69) is 0 Å². The second kappa shape index (κ2) is 9.96. The van der Waals surface area contributed by atoms with E-state index < -0.39 is 15.8 Å². The van der Waals surface area contributed by atoms with Crippen LogP contribution in [0.5, 0.6) is 0 Å². The van der Waals surface area contributed by atoms with Gasteiger partial charge in [0.25, 0.3) is 11.4 Å². The van der Waals surface area contributed by atoms with Crippen LogP contribution in [-0.4, -0.2) is 39.9 Å². The van der Waals surface area contributed by atoms with Crippen molar-refractivity contribution in [2.45, 2.75) is 38.6 Å². The molecule has 0 N–H and O–H groups in total. The monoisotopic (exact) mass is 374 g/mol. The second-order valence-electron chi connectivity index (χ2n) is 6.53. The molecule has 0 saturated carbocycles. The summed E-state index contributed by atoms with van der Waals surface area (Å²) in [6, 6.07) is 3.73. The van der Waals surface area contributed by atoms with Crippen LogP contribution in [0.3, 0.4) is 0 Å². The van der Waals surface area contributed by atoms with Crippen molar-refractivity contribution in [3.63, 3.8) is 0 Å². The normalized spacial score (nSPS) is 15.7. The summed E-state index contributed by atoms with van der Waals surface area (Å²) in [5, 5.41) is 32.9. The number of non-ortho nitro benzene ring substituents is 1. The Morgan fingerprint density at radius 2 is 1.73 bits per heavy atom. The van der Waals surface area contributed by atoms with Crippen molar-refractivity contribution in [2.75, 3.05) is 19.6 Å². The van der Waals surface area contributed by atoms with Gasteiger partial charge in [-0.25, -0.2) is 0 Å². The first-order valence-corrected chi connectivity index (χ1v) is 8.30. The number of carbonyl (C=O) groups excluding carboxylic acids is 1. The van der Waals surface area contributed by atoms with Crippen molar-refractivity contribution in [1.82, 2.24) is 0 Å². The van der Waals surface area contributed by atoms with Crippen LogP contribution in [0.25, 0.3) is 0 Å². The minimum Gasteiger partial charge on any atom is -0.550 e. The van der Waals surface area contributed by atoms with E-state index in [0.29, 0.717) is 29.6 Å². The van der Waals surface area contributed by atoms with E-state index in [1.165, 1.54) is 12.1 Å². The first-order chi connectivity index (χ1) is 11.8. The SMILES string of the molecule is O=C([O-])CCC[N+]1(Cc2ccc([N+](=O)[O-])cc2[N+](=O)[O-])CCCCC1.[Na+]. The average molecular weight is 374 g/mol. The van der Waals surface area contributed by atoms with Gasteiger partial charge in [0.2, 0.25) is 0 Å². The Hall–Kier alpha value is -1.55. The van der Waals surface area contributed by atoms with Crippen LogP contribution >= 0.6 is 0 Å². The Labute approximate surface area is 173 Å². The molecule has 1 fully saturated rings. The second-order valence-corrected chi connectivity index (χ2v) is 6.53. The van der Waals surface area contributed by atoms with Crippen LogP contribution in [0.15, 0.2) is 18.2 Å². The number of hydrogen-bond donors (Lipinski definition) is 0. The van der Waals surface area contributed by atoms with Gasteiger partial charge >= 0.3 is 29.6 Å². The van der Waals surface area contributed by atoms with Gasteiger partial charge in [-0.1, -0.05) is 0 Å². The molecule has 1 aliphatic heterocycles. The first-order valence-electron chi connectivity index (χ1n) is 8.30. The summed E-state index contributed by atoms with van der Waals surface area (Å²) in [7, 11) is 0.